The van der Waals surface area contributed by atoms with Gasteiger partial charge in [0.2, 0.25) is 6.79 Å². The van der Waals surface area contributed by atoms with Crippen molar-refractivity contribution < 1.29 is 19.0 Å². The molecule has 2 aliphatic heterocycles. The van der Waals surface area contributed by atoms with E-state index in [-0.39, 0.29) is 18.9 Å². The average molecular weight is 388 g/mol. The number of rotatable bonds is 5. The summed E-state index contributed by atoms with van der Waals surface area (Å²) in [5, 5.41) is 3.49. The molecule has 0 radical (unpaired) electrons. The van der Waals surface area contributed by atoms with Crippen LogP contribution in [0.2, 0.25) is 0 Å². The first-order valence-electron chi connectivity index (χ1n) is 9.42. The first-order valence-corrected chi connectivity index (χ1v) is 9.42. The van der Waals surface area contributed by atoms with Crippen LogP contribution in [-0.2, 0) is 6.54 Å². The summed E-state index contributed by atoms with van der Waals surface area (Å²) in [7, 11) is 1.64. The minimum Gasteiger partial charge on any atom is -0.497 e. The average Bonchev–Trinajstić information content (AvgIpc) is 3.32. The molecule has 5 rings (SSSR count). The Morgan fingerprint density at radius 3 is 2.79 bits per heavy atom. The van der Waals surface area contributed by atoms with E-state index in [9.17, 15) is 4.79 Å². The Kier molecular flexibility index (Phi) is 4.24. The molecule has 3 aromatic rings. The predicted octanol–water partition coefficient (Wildman–Crippen LogP) is 4.19. The van der Waals surface area contributed by atoms with E-state index in [1.165, 1.54) is 0 Å². The van der Waals surface area contributed by atoms with E-state index < -0.39 is 0 Å². The van der Waals surface area contributed by atoms with E-state index in [0.29, 0.717) is 17.9 Å². The quantitative estimate of drug-likeness (QED) is 0.710. The summed E-state index contributed by atoms with van der Waals surface area (Å²) in [5.74, 6) is 2.20. The third-order valence-corrected chi connectivity index (χ3v) is 5.22. The zero-order valence-corrected chi connectivity index (χ0v) is 15.9. The lowest BCUT2D eigenvalue weighted by Gasteiger charge is -2.27. The van der Waals surface area contributed by atoms with Crippen LogP contribution >= 0.6 is 0 Å². The Hall–Kier alpha value is -3.67. The molecule has 0 aromatic heterocycles. The van der Waals surface area contributed by atoms with Gasteiger partial charge in [0.25, 0.3) is 5.91 Å². The summed E-state index contributed by atoms with van der Waals surface area (Å²) in [4.78, 5) is 15.0. The minimum absolute atomic E-state index is 0.00124. The zero-order chi connectivity index (χ0) is 19.8. The number of carbonyl (C=O) groups is 1. The molecule has 6 nitrogen and oxygen atoms in total. The van der Waals surface area contributed by atoms with Gasteiger partial charge in [0, 0.05) is 29.4 Å². The summed E-state index contributed by atoms with van der Waals surface area (Å²) in [6.45, 7) is 0.679. The Balaban J connectivity index is 1.48. The van der Waals surface area contributed by atoms with Crippen molar-refractivity contribution in [2.45, 2.75) is 12.7 Å². The number of ether oxygens (including phenoxy) is 3. The maximum absolute atomic E-state index is 13.2. The number of benzene rings is 3. The zero-order valence-electron chi connectivity index (χ0n) is 15.9. The lowest BCUT2D eigenvalue weighted by atomic mass is 10.1. The molecule has 0 saturated carbocycles. The normalized spacial score (nSPS) is 16.7. The molecule has 2 aliphatic rings. The summed E-state index contributed by atoms with van der Waals surface area (Å²) in [5.41, 5.74) is 3.54. The number of hydrogen-bond donors (Lipinski definition) is 1. The van der Waals surface area contributed by atoms with Crippen LogP contribution < -0.4 is 19.5 Å². The fraction of sp³-hybridized carbons (Fsp3) is 0.174. The molecule has 1 amide bonds. The van der Waals surface area contributed by atoms with Crippen LogP contribution in [0.3, 0.4) is 0 Å². The smallest absolute Gasteiger partial charge is 0.256 e. The van der Waals surface area contributed by atoms with Crippen molar-refractivity contribution in [3.8, 4) is 17.2 Å². The van der Waals surface area contributed by atoms with Gasteiger partial charge in [0.05, 0.1) is 7.11 Å². The molecule has 0 fully saturated rings. The van der Waals surface area contributed by atoms with Crippen molar-refractivity contribution in [1.29, 1.82) is 0 Å². The molecular weight excluding hydrogens is 368 g/mol. The summed E-state index contributed by atoms with van der Waals surface area (Å²) in [6.07, 6.45) is -0.281. The molecular formula is C23H20N2O4. The second-order valence-corrected chi connectivity index (χ2v) is 6.99. The van der Waals surface area contributed by atoms with Crippen LogP contribution in [0.4, 0.5) is 5.69 Å². The second kappa shape index (κ2) is 7.05. The van der Waals surface area contributed by atoms with Crippen molar-refractivity contribution in [2.75, 3.05) is 19.2 Å². The van der Waals surface area contributed by atoms with Gasteiger partial charge in [-0.2, -0.15) is 0 Å². The Bertz CT molecular complexity index is 1080. The van der Waals surface area contributed by atoms with Crippen LogP contribution in [0.15, 0.2) is 66.7 Å². The van der Waals surface area contributed by atoms with Crippen molar-refractivity contribution in [1.82, 2.24) is 4.90 Å². The van der Waals surface area contributed by atoms with Gasteiger partial charge >= 0.3 is 0 Å². The topological polar surface area (TPSA) is 60.0 Å². The number of hydrogen-bond acceptors (Lipinski definition) is 5. The molecule has 0 aliphatic carbocycles. The van der Waals surface area contributed by atoms with Crippen molar-refractivity contribution >= 4 is 11.6 Å². The molecule has 0 spiro atoms. The number of carbonyl (C=O) groups excluding carboxylic acids is 1. The molecule has 2 heterocycles. The Morgan fingerprint density at radius 2 is 1.90 bits per heavy atom. The fourth-order valence-electron chi connectivity index (χ4n) is 3.80. The van der Waals surface area contributed by atoms with Crippen LogP contribution in [0.5, 0.6) is 17.2 Å². The molecule has 146 valence electrons. The number of methoxy groups -OCH3 is 1. The van der Waals surface area contributed by atoms with Gasteiger partial charge in [0.15, 0.2) is 11.5 Å². The number of fused-ring (bicyclic) bond motifs is 2. The number of nitrogens with zero attached hydrogens (tertiary/aromatic N) is 1. The monoisotopic (exact) mass is 388 g/mol. The van der Waals surface area contributed by atoms with Gasteiger partial charge in [-0.1, -0.05) is 30.3 Å². The van der Waals surface area contributed by atoms with Gasteiger partial charge in [-0.05, 0) is 35.9 Å². The van der Waals surface area contributed by atoms with Crippen LogP contribution in [0.25, 0.3) is 0 Å². The summed E-state index contributed by atoms with van der Waals surface area (Å²) in [6, 6.07) is 21.2. The van der Waals surface area contributed by atoms with Crippen LogP contribution in [0.1, 0.15) is 27.7 Å². The molecule has 29 heavy (non-hydrogen) atoms. The molecule has 3 aromatic carbocycles. The van der Waals surface area contributed by atoms with E-state index in [0.717, 1.165) is 28.3 Å². The minimum atomic E-state index is -0.281. The van der Waals surface area contributed by atoms with Gasteiger partial charge < -0.3 is 24.4 Å². The highest BCUT2D eigenvalue weighted by molar-refractivity contribution is 5.99. The number of nitrogens with one attached hydrogen (secondary N) is 1. The standard InChI is InChI=1S/C23H20N2O4/c1-27-17-6-4-5-16(12-17)24-22-18-7-2-3-8-19(18)23(26)25(22)13-15-9-10-20-21(11-15)29-14-28-20/h2-12,22,24H,13-14H2,1H3/t22-/m0/s1. The Morgan fingerprint density at radius 1 is 1.03 bits per heavy atom. The van der Waals surface area contributed by atoms with E-state index >= 15 is 0 Å². The van der Waals surface area contributed by atoms with Gasteiger partial charge in [0.1, 0.15) is 11.9 Å². The fourth-order valence-corrected chi connectivity index (χ4v) is 3.80. The molecule has 1 atom stereocenters. The maximum Gasteiger partial charge on any atom is 0.256 e. The second-order valence-electron chi connectivity index (χ2n) is 6.99. The molecule has 0 saturated heterocycles. The molecule has 6 heteroatoms. The highest BCUT2D eigenvalue weighted by atomic mass is 16.7. The van der Waals surface area contributed by atoms with Crippen LogP contribution in [-0.4, -0.2) is 24.7 Å². The largest absolute Gasteiger partial charge is 0.497 e. The maximum atomic E-state index is 13.2. The highest BCUT2D eigenvalue weighted by Crippen LogP contribution is 2.38. The number of anilines is 1. The Labute approximate surface area is 168 Å². The summed E-state index contributed by atoms with van der Waals surface area (Å²) < 4.78 is 16.2. The first-order chi connectivity index (χ1) is 14.2. The molecule has 1 N–H and O–H groups in total. The van der Waals surface area contributed by atoms with Crippen molar-refractivity contribution in [3.05, 3.63) is 83.4 Å². The number of amides is 1. The van der Waals surface area contributed by atoms with E-state index in [2.05, 4.69) is 5.32 Å². The van der Waals surface area contributed by atoms with E-state index in [4.69, 9.17) is 14.2 Å². The van der Waals surface area contributed by atoms with E-state index in [1.54, 1.807) is 7.11 Å². The van der Waals surface area contributed by atoms with Gasteiger partial charge in [-0.15, -0.1) is 0 Å². The third-order valence-electron chi connectivity index (χ3n) is 5.22. The molecule has 0 unspecified atom stereocenters. The summed E-state index contributed by atoms with van der Waals surface area (Å²) >= 11 is 0. The van der Waals surface area contributed by atoms with Gasteiger partial charge in [-0.25, -0.2) is 0 Å². The third kappa shape index (κ3) is 3.12. The van der Waals surface area contributed by atoms with E-state index in [1.807, 2.05) is 71.6 Å². The van der Waals surface area contributed by atoms with Crippen molar-refractivity contribution in [3.63, 3.8) is 0 Å². The van der Waals surface area contributed by atoms with Gasteiger partial charge in [-0.3, -0.25) is 4.79 Å². The lowest BCUT2D eigenvalue weighted by molar-refractivity contribution is 0.0728. The highest BCUT2D eigenvalue weighted by Gasteiger charge is 2.36. The molecule has 0 bridgehead atoms. The van der Waals surface area contributed by atoms with Crippen molar-refractivity contribution in [2.24, 2.45) is 0 Å². The lowest BCUT2D eigenvalue weighted by Crippen LogP contribution is -2.31. The predicted molar refractivity (Wildman–Crippen MR) is 108 cm³/mol. The van der Waals surface area contributed by atoms with Crippen LogP contribution in [0, 0.1) is 0 Å². The first kappa shape index (κ1) is 17.4. The SMILES string of the molecule is COc1cccc(N[C@@H]2c3ccccc3C(=O)N2Cc2ccc3c(c2)OCO3)c1.